The fraction of sp³-hybridized carbons (Fsp3) is 1.00. The molecule has 0 aromatic carbocycles. The molecule has 0 saturated carbocycles. The van der Waals surface area contributed by atoms with E-state index in [1.165, 1.54) is 0 Å². The smallest absolute Gasteiger partial charge is 0.211 e. The molecule has 0 saturated heterocycles. The highest BCUT2D eigenvalue weighted by molar-refractivity contribution is 7.89. The summed E-state index contributed by atoms with van der Waals surface area (Å²) in [5.74, 6) is -0.590. The van der Waals surface area contributed by atoms with Crippen molar-refractivity contribution in [3.8, 4) is 0 Å². The van der Waals surface area contributed by atoms with Crippen molar-refractivity contribution >= 4 is 10.0 Å². The van der Waals surface area contributed by atoms with E-state index in [4.69, 9.17) is 0 Å². The molecule has 0 aliphatic heterocycles. The molecule has 0 rings (SSSR count). The van der Waals surface area contributed by atoms with E-state index in [1.807, 2.05) is 0 Å². The first-order valence-electron chi connectivity index (χ1n) is 2.06. The normalized spacial score (nSPS) is 15.9. The van der Waals surface area contributed by atoms with Crippen molar-refractivity contribution in [3.63, 3.8) is 0 Å². The molecule has 0 bridgehead atoms. The topological polar surface area (TPSA) is 60.2 Å². The number of alkyl halides is 1. The van der Waals surface area contributed by atoms with Crippen LogP contribution >= 0.6 is 0 Å². The van der Waals surface area contributed by atoms with Gasteiger partial charge in [0.15, 0.2) is 0 Å². The maximum Gasteiger partial charge on any atom is 0.211 e. The van der Waals surface area contributed by atoms with Gasteiger partial charge in [0.05, 0.1) is 5.75 Å². The van der Waals surface area contributed by atoms with Gasteiger partial charge < -0.3 is 0 Å². The van der Waals surface area contributed by atoms with Crippen LogP contribution in [0.1, 0.15) is 6.92 Å². The molecule has 1 atom stereocenters. The molecule has 3 nitrogen and oxygen atoms in total. The summed E-state index contributed by atoms with van der Waals surface area (Å²) in [6.07, 6.45) is -1.37. The van der Waals surface area contributed by atoms with Crippen molar-refractivity contribution in [1.82, 2.24) is 0 Å². The van der Waals surface area contributed by atoms with Crippen LogP contribution in [0.3, 0.4) is 0 Å². The van der Waals surface area contributed by atoms with Crippen molar-refractivity contribution in [2.45, 2.75) is 13.1 Å². The summed E-state index contributed by atoms with van der Waals surface area (Å²) in [6, 6.07) is 0. The Kier molecular flexibility index (Phi) is 2.36. The lowest BCUT2D eigenvalue weighted by molar-refractivity contribution is 0.391. The highest BCUT2D eigenvalue weighted by atomic mass is 32.2. The first kappa shape index (κ1) is 7.84. The van der Waals surface area contributed by atoms with Crippen LogP contribution in [0.4, 0.5) is 4.39 Å². The van der Waals surface area contributed by atoms with Crippen LogP contribution in [0.2, 0.25) is 0 Å². The fourth-order valence-electron chi connectivity index (χ4n) is 0.320. The maximum atomic E-state index is 11.7. The zero-order chi connectivity index (χ0) is 6.78. The second-order valence-electron chi connectivity index (χ2n) is 1.61. The minimum Gasteiger partial charge on any atom is -0.247 e. The number of nitrogens with two attached hydrogens (primary N) is 1. The molecule has 5 heteroatoms. The molecule has 0 aromatic heterocycles. The second kappa shape index (κ2) is 2.41. The van der Waals surface area contributed by atoms with Gasteiger partial charge in [0.2, 0.25) is 10.0 Å². The number of rotatable bonds is 2. The molecular weight excluding hydrogens is 133 g/mol. The Morgan fingerprint density at radius 2 is 2.12 bits per heavy atom. The highest BCUT2D eigenvalue weighted by Gasteiger charge is 2.07. The van der Waals surface area contributed by atoms with Crippen molar-refractivity contribution < 1.29 is 12.8 Å². The van der Waals surface area contributed by atoms with Crippen LogP contribution in [0.25, 0.3) is 0 Å². The average molecular weight is 141 g/mol. The van der Waals surface area contributed by atoms with E-state index >= 15 is 0 Å². The zero-order valence-corrected chi connectivity index (χ0v) is 5.28. The van der Waals surface area contributed by atoms with Gasteiger partial charge in [0, 0.05) is 0 Å². The summed E-state index contributed by atoms with van der Waals surface area (Å²) in [5, 5.41) is 4.47. The van der Waals surface area contributed by atoms with E-state index in [-0.39, 0.29) is 0 Å². The quantitative estimate of drug-likeness (QED) is 0.570. The summed E-state index contributed by atoms with van der Waals surface area (Å²) in [5.41, 5.74) is 0. The van der Waals surface area contributed by atoms with Crippen LogP contribution in [-0.4, -0.2) is 20.3 Å². The van der Waals surface area contributed by atoms with E-state index in [2.05, 4.69) is 5.14 Å². The number of halogens is 1. The van der Waals surface area contributed by atoms with Crippen LogP contribution in [0, 0.1) is 0 Å². The van der Waals surface area contributed by atoms with Gasteiger partial charge in [-0.1, -0.05) is 0 Å². The Morgan fingerprint density at radius 1 is 1.75 bits per heavy atom. The van der Waals surface area contributed by atoms with E-state index in [0.29, 0.717) is 0 Å². The van der Waals surface area contributed by atoms with Gasteiger partial charge in [0.25, 0.3) is 0 Å². The minimum absolute atomic E-state index is 0.590. The van der Waals surface area contributed by atoms with Gasteiger partial charge in [-0.15, -0.1) is 0 Å². The third kappa shape index (κ3) is 5.84. The molecule has 2 N–H and O–H groups in total. The second-order valence-corrected chi connectivity index (χ2v) is 3.27. The van der Waals surface area contributed by atoms with Gasteiger partial charge in [-0.25, -0.2) is 17.9 Å². The number of hydrogen-bond acceptors (Lipinski definition) is 2. The molecule has 0 spiro atoms. The van der Waals surface area contributed by atoms with Crippen molar-refractivity contribution in [2.24, 2.45) is 5.14 Å². The molecule has 0 aromatic rings. The maximum absolute atomic E-state index is 11.7. The van der Waals surface area contributed by atoms with Crippen LogP contribution < -0.4 is 5.14 Å². The Morgan fingerprint density at radius 3 is 2.12 bits per heavy atom. The average Bonchev–Trinajstić information content (AvgIpc) is 1.21. The summed E-state index contributed by atoms with van der Waals surface area (Å²) < 4.78 is 31.7. The molecule has 1 unspecified atom stereocenters. The first-order chi connectivity index (χ1) is 3.42. The zero-order valence-electron chi connectivity index (χ0n) is 4.46. The number of primary sulfonamides is 1. The molecule has 8 heavy (non-hydrogen) atoms. The molecule has 50 valence electrons. The van der Waals surface area contributed by atoms with Crippen molar-refractivity contribution in [2.75, 3.05) is 5.75 Å². The minimum atomic E-state index is -3.60. The van der Waals surface area contributed by atoms with Crippen molar-refractivity contribution in [1.29, 1.82) is 0 Å². The lowest BCUT2D eigenvalue weighted by Gasteiger charge is -1.95. The Hall–Kier alpha value is -0.160. The predicted octanol–water partition coefficient (Wildman–Crippen LogP) is -0.367. The Bertz CT molecular complexity index is 151. The molecule has 0 amide bonds. The number of sulfonamides is 1. The van der Waals surface area contributed by atoms with Gasteiger partial charge >= 0.3 is 0 Å². The third-order valence-corrected chi connectivity index (χ3v) is 1.39. The van der Waals surface area contributed by atoms with Crippen LogP contribution in [0.15, 0.2) is 0 Å². The van der Waals surface area contributed by atoms with Gasteiger partial charge in [-0.05, 0) is 6.92 Å². The van der Waals surface area contributed by atoms with Gasteiger partial charge in [0.1, 0.15) is 6.17 Å². The van der Waals surface area contributed by atoms with Crippen LogP contribution in [-0.2, 0) is 10.0 Å². The SMILES string of the molecule is CC(F)CS(N)(=O)=O. The molecule has 0 aliphatic carbocycles. The lowest BCUT2D eigenvalue weighted by Crippen LogP contribution is -2.21. The van der Waals surface area contributed by atoms with E-state index in [1.54, 1.807) is 0 Å². The molecule has 0 heterocycles. The molecular formula is C3H8FNO2S. The summed E-state index contributed by atoms with van der Waals surface area (Å²) in [6.45, 7) is 1.14. The predicted molar refractivity (Wildman–Crippen MR) is 28.5 cm³/mol. The standard InChI is InChI=1S/C3H8FNO2S/c1-3(4)2-8(5,6)7/h3H,2H2,1H3,(H2,5,6,7). The summed E-state index contributed by atoms with van der Waals surface area (Å²) in [4.78, 5) is 0. The summed E-state index contributed by atoms with van der Waals surface area (Å²) >= 11 is 0. The third-order valence-electron chi connectivity index (χ3n) is 0.462. The molecule has 0 fully saturated rings. The largest absolute Gasteiger partial charge is 0.247 e. The lowest BCUT2D eigenvalue weighted by atomic mass is 10.5. The number of hydrogen-bond donors (Lipinski definition) is 1. The monoisotopic (exact) mass is 141 g/mol. The highest BCUT2D eigenvalue weighted by Crippen LogP contribution is 1.89. The Balaban J connectivity index is 3.75. The fourth-order valence-corrected chi connectivity index (χ4v) is 0.960. The Labute approximate surface area is 47.7 Å². The summed E-state index contributed by atoms with van der Waals surface area (Å²) in [7, 11) is -3.60. The van der Waals surface area contributed by atoms with Crippen molar-refractivity contribution in [3.05, 3.63) is 0 Å². The van der Waals surface area contributed by atoms with E-state index < -0.39 is 21.9 Å². The van der Waals surface area contributed by atoms with Gasteiger partial charge in [-0.3, -0.25) is 0 Å². The van der Waals surface area contributed by atoms with Gasteiger partial charge in [-0.2, -0.15) is 0 Å². The van der Waals surface area contributed by atoms with E-state index in [0.717, 1.165) is 6.92 Å². The van der Waals surface area contributed by atoms with E-state index in [9.17, 15) is 12.8 Å². The van der Waals surface area contributed by atoms with Crippen LogP contribution in [0.5, 0.6) is 0 Å². The molecule has 0 radical (unpaired) electrons. The first-order valence-corrected chi connectivity index (χ1v) is 3.78. The molecule has 0 aliphatic rings.